The van der Waals surface area contributed by atoms with Gasteiger partial charge in [0.2, 0.25) is 0 Å². The third-order valence-corrected chi connectivity index (χ3v) is 8.39. The number of allylic oxidation sites excluding steroid dienone is 1. The number of thiazole rings is 1. The Bertz CT molecular complexity index is 1130. The minimum atomic E-state index is 0.447. The molecule has 1 aliphatic heterocycles. The van der Waals surface area contributed by atoms with E-state index in [0.717, 1.165) is 46.2 Å². The van der Waals surface area contributed by atoms with Crippen molar-refractivity contribution in [3.05, 3.63) is 49.8 Å². The Morgan fingerprint density at radius 3 is 2.50 bits per heavy atom. The lowest BCUT2D eigenvalue weighted by Crippen LogP contribution is -2.23. The molecule has 154 valence electrons. The van der Waals surface area contributed by atoms with Gasteiger partial charge >= 0.3 is 0 Å². The van der Waals surface area contributed by atoms with E-state index >= 15 is 0 Å². The molecule has 6 rings (SSSR count). The summed E-state index contributed by atoms with van der Waals surface area (Å²) in [5.74, 6) is 3.35. The molecule has 2 aliphatic carbocycles. The lowest BCUT2D eigenvalue weighted by molar-refractivity contribution is 0.386. The van der Waals surface area contributed by atoms with Crippen LogP contribution in [0.2, 0.25) is 10.0 Å². The van der Waals surface area contributed by atoms with Crippen LogP contribution in [0.15, 0.2) is 33.0 Å². The van der Waals surface area contributed by atoms with Crippen LogP contribution < -0.4 is 4.90 Å². The first-order valence-corrected chi connectivity index (χ1v) is 12.3. The lowest BCUT2D eigenvalue weighted by atomic mass is 10.0. The summed E-state index contributed by atoms with van der Waals surface area (Å²) in [6.45, 7) is 2.13. The zero-order valence-corrected chi connectivity index (χ0v) is 19.7. The number of piperidine rings is 1. The molecule has 0 radical (unpaired) electrons. The molecule has 0 spiro atoms. The van der Waals surface area contributed by atoms with Crippen molar-refractivity contribution in [3.63, 3.8) is 0 Å². The Labute approximate surface area is 196 Å². The van der Waals surface area contributed by atoms with Crippen molar-refractivity contribution < 1.29 is 4.52 Å². The van der Waals surface area contributed by atoms with Crippen molar-refractivity contribution in [1.29, 1.82) is 0 Å². The first-order chi connectivity index (χ1) is 14.6. The van der Waals surface area contributed by atoms with E-state index in [2.05, 4.69) is 48.1 Å². The average Bonchev–Trinajstić information content (AvgIpc) is 3.49. The second kappa shape index (κ2) is 7.33. The van der Waals surface area contributed by atoms with Crippen LogP contribution in [0.1, 0.15) is 30.1 Å². The van der Waals surface area contributed by atoms with Crippen LogP contribution in [0.4, 0.5) is 5.13 Å². The predicted molar refractivity (Wildman–Crippen MR) is 123 cm³/mol. The minimum Gasteiger partial charge on any atom is -0.360 e. The topological polar surface area (TPSA) is 55.1 Å². The van der Waals surface area contributed by atoms with Gasteiger partial charge in [0.25, 0.3) is 0 Å². The van der Waals surface area contributed by atoms with E-state index in [9.17, 15) is 0 Å². The average molecular weight is 524 g/mol. The maximum atomic E-state index is 6.40. The largest absolute Gasteiger partial charge is 0.360 e. The van der Waals surface area contributed by atoms with Crippen molar-refractivity contribution in [3.8, 4) is 11.3 Å². The van der Waals surface area contributed by atoms with Crippen LogP contribution in [0, 0.1) is 17.8 Å². The number of rotatable bonds is 5. The standard InChI is InChI=1S/C21H17BrCl2N4OS/c22-17-7-26-21(30-17)28-8-13-11(14(13)9-28)3-4-12-19(27-29-20(12)10-1-2-10)18-15(23)5-25-6-16(18)24/h3-7,10-11,13-14H,1-2,8-9H2/b4-3+. The zero-order chi connectivity index (χ0) is 20.4. The van der Waals surface area contributed by atoms with E-state index in [4.69, 9.17) is 27.7 Å². The second-order valence-electron chi connectivity index (χ2n) is 8.18. The molecule has 5 nitrogen and oxygen atoms in total. The maximum Gasteiger partial charge on any atom is 0.186 e. The second-order valence-corrected chi connectivity index (χ2v) is 11.4. The van der Waals surface area contributed by atoms with Crippen molar-refractivity contribution >= 4 is 61.7 Å². The molecule has 3 aromatic rings. The number of halogens is 3. The van der Waals surface area contributed by atoms with Gasteiger partial charge in [-0.1, -0.05) is 51.8 Å². The van der Waals surface area contributed by atoms with Crippen LogP contribution in [-0.4, -0.2) is 28.2 Å². The summed E-state index contributed by atoms with van der Waals surface area (Å²) in [6, 6.07) is 0. The smallest absolute Gasteiger partial charge is 0.186 e. The monoisotopic (exact) mass is 522 g/mol. The molecule has 3 fully saturated rings. The summed E-state index contributed by atoms with van der Waals surface area (Å²) in [7, 11) is 0. The number of pyridine rings is 1. The highest BCUT2D eigenvalue weighted by atomic mass is 79.9. The van der Waals surface area contributed by atoms with E-state index in [-0.39, 0.29) is 0 Å². The van der Waals surface area contributed by atoms with E-state index in [0.29, 0.717) is 45.0 Å². The quantitative estimate of drug-likeness (QED) is 0.380. The molecule has 30 heavy (non-hydrogen) atoms. The van der Waals surface area contributed by atoms with Crippen molar-refractivity contribution in [2.45, 2.75) is 18.8 Å². The molecular formula is C21H17BrCl2N4OS. The summed E-state index contributed by atoms with van der Waals surface area (Å²) in [6.07, 6.45) is 11.9. The van der Waals surface area contributed by atoms with E-state index in [1.165, 1.54) is 0 Å². The molecule has 0 aromatic carbocycles. The molecule has 1 saturated heterocycles. The Balaban J connectivity index is 1.25. The molecule has 0 amide bonds. The zero-order valence-electron chi connectivity index (χ0n) is 15.8. The highest BCUT2D eigenvalue weighted by molar-refractivity contribution is 9.11. The number of fused-ring (bicyclic) bond motifs is 1. The predicted octanol–water partition coefficient (Wildman–Crippen LogP) is 6.54. The SMILES string of the molecule is Clc1cncc(Cl)c1-c1noc(C2CC2)c1/C=C/C1C2CN(c3ncc(Br)s3)CC12. The molecule has 9 heteroatoms. The number of anilines is 1. The lowest BCUT2D eigenvalue weighted by Gasteiger charge is -2.17. The van der Waals surface area contributed by atoms with Crippen LogP contribution in [0.5, 0.6) is 0 Å². The van der Waals surface area contributed by atoms with Gasteiger partial charge in [0.05, 0.1) is 20.0 Å². The summed E-state index contributed by atoms with van der Waals surface area (Å²) in [5.41, 5.74) is 2.42. The third kappa shape index (κ3) is 3.30. The van der Waals surface area contributed by atoms with Crippen LogP contribution in [0.3, 0.4) is 0 Å². The molecule has 0 N–H and O–H groups in total. The van der Waals surface area contributed by atoms with E-state index in [1.807, 2.05) is 6.20 Å². The van der Waals surface area contributed by atoms with Crippen molar-refractivity contribution in [1.82, 2.24) is 15.1 Å². The maximum absolute atomic E-state index is 6.40. The van der Waals surface area contributed by atoms with Gasteiger partial charge in [0, 0.05) is 42.5 Å². The Kier molecular flexibility index (Phi) is 4.71. The summed E-state index contributed by atoms with van der Waals surface area (Å²) >= 11 is 18.0. The molecule has 2 unspecified atom stereocenters. The van der Waals surface area contributed by atoms with E-state index < -0.39 is 0 Å². The van der Waals surface area contributed by atoms with Crippen LogP contribution in [0.25, 0.3) is 17.3 Å². The van der Waals surface area contributed by atoms with Gasteiger partial charge < -0.3 is 9.42 Å². The van der Waals surface area contributed by atoms with Gasteiger partial charge in [-0.25, -0.2) is 4.98 Å². The van der Waals surface area contributed by atoms with E-state index in [1.54, 1.807) is 23.7 Å². The molecule has 2 saturated carbocycles. The Morgan fingerprint density at radius 2 is 1.87 bits per heavy atom. The van der Waals surface area contributed by atoms with Gasteiger partial charge in [-0.15, -0.1) is 0 Å². The van der Waals surface area contributed by atoms with Gasteiger partial charge in [-0.05, 0) is 46.5 Å². The molecule has 3 aromatic heterocycles. The Morgan fingerprint density at radius 1 is 1.13 bits per heavy atom. The van der Waals surface area contributed by atoms with Crippen LogP contribution >= 0.6 is 50.5 Å². The Hall–Kier alpha value is -1.41. The molecular weight excluding hydrogens is 507 g/mol. The normalized spacial score (nSPS) is 25.3. The van der Waals surface area contributed by atoms with Crippen LogP contribution in [-0.2, 0) is 0 Å². The molecule has 0 bridgehead atoms. The molecule has 4 heterocycles. The fourth-order valence-corrected chi connectivity index (χ4v) is 6.29. The highest BCUT2D eigenvalue weighted by Gasteiger charge is 2.54. The fraction of sp³-hybridized carbons (Fsp3) is 0.381. The molecule has 3 aliphatic rings. The van der Waals surface area contributed by atoms with Gasteiger partial charge in [0.15, 0.2) is 5.13 Å². The van der Waals surface area contributed by atoms with Gasteiger partial charge in [-0.3, -0.25) is 4.98 Å². The minimum absolute atomic E-state index is 0.447. The van der Waals surface area contributed by atoms with Gasteiger partial charge in [-0.2, -0.15) is 0 Å². The third-order valence-electron chi connectivity index (χ3n) is 6.28. The number of nitrogens with zero attached hydrogens (tertiary/aromatic N) is 4. The summed E-state index contributed by atoms with van der Waals surface area (Å²) < 4.78 is 6.83. The highest BCUT2D eigenvalue weighted by Crippen LogP contribution is 2.54. The van der Waals surface area contributed by atoms with Crippen molar-refractivity contribution in [2.24, 2.45) is 17.8 Å². The number of hydrogen-bond acceptors (Lipinski definition) is 6. The number of aromatic nitrogens is 3. The summed E-state index contributed by atoms with van der Waals surface area (Å²) in [5, 5.41) is 6.43. The summed E-state index contributed by atoms with van der Waals surface area (Å²) in [4.78, 5) is 10.9. The van der Waals surface area contributed by atoms with Gasteiger partial charge in [0.1, 0.15) is 11.5 Å². The fourth-order valence-electron chi connectivity index (χ4n) is 4.54. The molecule has 2 atom stereocenters. The first-order valence-electron chi connectivity index (χ1n) is 9.93. The van der Waals surface area contributed by atoms with Crippen molar-refractivity contribution in [2.75, 3.05) is 18.0 Å². The first kappa shape index (κ1) is 19.3. The number of hydrogen-bond donors (Lipinski definition) is 0.